The minimum Gasteiger partial charge on any atom is -0.351 e. The van der Waals surface area contributed by atoms with Crippen molar-refractivity contribution in [3.8, 4) is 0 Å². The summed E-state index contributed by atoms with van der Waals surface area (Å²) in [5, 5.41) is 4.35. The Labute approximate surface area is 115 Å². The minimum atomic E-state index is -4.36. The molecule has 106 valence electrons. The van der Waals surface area contributed by atoms with Gasteiger partial charge in [0.25, 0.3) is 0 Å². The maximum atomic E-state index is 12.9. The van der Waals surface area contributed by atoms with Crippen LogP contribution in [-0.2, 0) is 11.3 Å². The minimum absolute atomic E-state index is 0.0326. The van der Waals surface area contributed by atoms with Gasteiger partial charge in [0.1, 0.15) is 5.82 Å². The SMILES string of the molecule is O=C(CNCC(F)(F)F)NCc1cc(F)ccc1Br. The Bertz CT molecular complexity index is 451. The molecule has 0 heterocycles. The fourth-order valence-corrected chi connectivity index (χ4v) is 1.64. The Kier molecular flexibility index (Phi) is 5.74. The quantitative estimate of drug-likeness (QED) is 0.806. The van der Waals surface area contributed by atoms with Gasteiger partial charge in [-0.15, -0.1) is 0 Å². The fraction of sp³-hybridized carbons (Fsp3) is 0.364. The molecule has 1 aromatic carbocycles. The molecule has 2 N–H and O–H groups in total. The number of halogens is 5. The highest BCUT2D eigenvalue weighted by molar-refractivity contribution is 9.10. The first-order valence-electron chi connectivity index (χ1n) is 5.26. The van der Waals surface area contributed by atoms with E-state index < -0.39 is 31.0 Å². The highest BCUT2D eigenvalue weighted by atomic mass is 79.9. The molecule has 0 aliphatic heterocycles. The van der Waals surface area contributed by atoms with E-state index in [1.165, 1.54) is 18.2 Å². The second-order valence-corrected chi connectivity index (χ2v) is 4.59. The van der Waals surface area contributed by atoms with Crippen molar-refractivity contribution in [3.63, 3.8) is 0 Å². The molecular formula is C11H11BrF4N2O. The van der Waals surface area contributed by atoms with E-state index in [0.717, 1.165) is 0 Å². The predicted molar refractivity (Wildman–Crippen MR) is 64.9 cm³/mol. The first kappa shape index (κ1) is 15.9. The van der Waals surface area contributed by atoms with Crippen LogP contribution in [0.5, 0.6) is 0 Å². The zero-order valence-corrected chi connectivity index (χ0v) is 11.2. The van der Waals surface area contributed by atoms with E-state index in [-0.39, 0.29) is 6.54 Å². The molecule has 3 nitrogen and oxygen atoms in total. The van der Waals surface area contributed by atoms with Crippen molar-refractivity contribution < 1.29 is 22.4 Å². The number of carbonyl (C=O) groups excluding carboxylic acids is 1. The van der Waals surface area contributed by atoms with E-state index in [1.54, 1.807) is 0 Å². The van der Waals surface area contributed by atoms with Crippen molar-refractivity contribution in [2.45, 2.75) is 12.7 Å². The van der Waals surface area contributed by atoms with Gasteiger partial charge in [-0.2, -0.15) is 13.2 Å². The molecule has 0 saturated heterocycles. The summed E-state index contributed by atoms with van der Waals surface area (Å²) in [5.74, 6) is -1.05. The number of benzene rings is 1. The summed E-state index contributed by atoms with van der Waals surface area (Å²) in [7, 11) is 0. The van der Waals surface area contributed by atoms with Gasteiger partial charge >= 0.3 is 6.18 Å². The number of nitrogens with one attached hydrogen (secondary N) is 2. The molecule has 0 spiro atoms. The number of alkyl halides is 3. The zero-order chi connectivity index (χ0) is 14.5. The molecule has 0 bridgehead atoms. The summed E-state index contributed by atoms with van der Waals surface area (Å²) in [5.41, 5.74) is 0.504. The summed E-state index contributed by atoms with van der Waals surface area (Å²) in [4.78, 5) is 11.2. The molecule has 19 heavy (non-hydrogen) atoms. The normalized spacial score (nSPS) is 11.4. The lowest BCUT2D eigenvalue weighted by atomic mass is 10.2. The Morgan fingerprint density at radius 3 is 2.63 bits per heavy atom. The summed E-state index contributed by atoms with van der Waals surface area (Å²) in [6, 6.07) is 3.96. The Morgan fingerprint density at radius 1 is 1.32 bits per heavy atom. The van der Waals surface area contributed by atoms with Crippen LogP contribution >= 0.6 is 15.9 Å². The molecule has 0 radical (unpaired) electrons. The largest absolute Gasteiger partial charge is 0.401 e. The molecule has 0 unspecified atom stereocenters. The second kappa shape index (κ2) is 6.85. The molecule has 1 rings (SSSR count). The number of amides is 1. The number of rotatable bonds is 5. The third kappa shape index (κ3) is 6.53. The monoisotopic (exact) mass is 342 g/mol. The Hall–Kier alpha value is -1.15. The second-order valence-electron chi connectivity index (χ2n) is 3.73. The molecule has 8 heteroatoms. The van der Waals surface area contributed by atoms with Crippen molar-refractivity contribution in [1.82, 2.24) is 10.6 Å². The van der Waals surface area contributed by atoms with Gasteiger partial charge in [-0.25, -0.2) is 4.39 Å². The smallest absolute Gasteiger partial charge is 0.351 e. The molecule has 0 aliphatic rings. The third-order valence-corrected chi connectivity index (χ3v) is 2.87. The van der Waals surface area contributed by atoms with Crippen LogP contribution in [0.4, 0.5) is 17.6 Å². The first-order valence-corrected chi connectivity index (χ1v) is 6.05. The van der Waals surface area contributed by atoms with Crippen LogP contribution in [0.15, 0.2) is 22.7 Å². The molecule has 1 amide bonds. The topological polar surface area (TPSA) is 41.1 Å². The van der Waals surface area contributed by atoms with Crippen LogP contribution in [0.1, 0.15) is 5.56 Å². The predicted octanol–water partition coefficient (Wildman–Crippen LogP) is 2.36. The average molecular weight is 343 g/mol. The van der Waals surface area contributed by atoms with E-state index in [2.05, 4.69) is 21.2 Å². The van der Waals surface area contributed by atoms with Gasteiger partial charge in [-0.1, -0.05) is 15.9 Å². The van der Waals surface area contributed by atoms with E-state index >= 15 is 0 Å². The van der Waals surface area contributed by atoms with E-state index in [4.69, 9.17) is 0 Å². The molecule has 0 aliphatic carbocycles. The van der Waals surface area contributed by atoms with Gasteiger partial charge in [-0.3, -0.25) is 4.79 Å². The number of hydrogen-bond donors (Lipinski definition) is 2. The maximum absolute atomic E-state index is 12.9. The highest BCUT2D eigenvalue weighted by Crippen LogP contribution is 2.17. The van der Waals surface area contributed by atoms with Crippen LogP contribution in [0.25, 0.3) is 0 Å². The summed E-state index contributed by atoms with van der Waals surface area (Å²) < 4.78 is 49.0. The first-order chi connectivity index (χ1) is 8.78. The van der Waals surface area contributed by atoms with Crippen LogP contribution in [-0.4, -0.2) is 25.2 Å². The lowest BCUT2D eigenvalue weighted by Crippen LogP contribution is -2.38. The zero-order valence-electron chi connectivity index (χ0n) is 9.65. The van der Waals surface area contributed by atoms with Crippen molar-refractivity contribution >= 4 is 21.8 Å². The summed E-state index contributed by atoms with van der Waals surface area (Å²) in [6.45, 7) is -1.65. The Morgan fingerprint density at radius 2 is 2.00 bits per heavy atom. The maximum Gasteiger partial charge on any atom is 0.401 e. The van der Waals surface area contributed by atoms with Crippen molar-refractivity contribution in [2.75, 3.05) is 13.1 Å². The van der Waals surface area contributed by atoms with Gasteiger partial charge in [-0.05, 0) is 23.8 Å². The van der Waals surface area contributed by atoms with Crippen LogP contribution in [0.3, 0.4) is 0 Å². The van der Waals surface area contributed by atoms with E-state index in [9.17, 15) is 22.4 Å². The number of hydrogen-bond acceptors (Lipinski definition) is 2. The summed E-state index contributed by atoms with van der Waals surface area (Å²) in [6.07, 6.45) is -4.36. The van der Waals surface area contributed by atoms with Crippen LogP contribution in [0.2, 0.25) is 0 Å². The standard InChI is InChI=1S/C11H11BrF4N2O/c12-9-2-1-8(13)3-7(9)4-18-10(19)5-17-6-11(14,15)16/h1-3,17H,4-6H2,(H,18,19). The molecule has 0 fully saturated rings. The van der Waals surface area contributed by atoms with Gasteiger partial charge in [0.2, 0.25) is 5.91 Å². The van der Waals surface area contributed by atoms with Crippen molar-refractivity contribution in [3.05, 3.63) is 34.1 Å². The molecule has 1 aromatic rings. The van der Waals surface area contributed by atoms with Gasteiger partial charge in [0, 0.05) is 11.0 Å². The molecule has 0 saturated carbocycles. The van der Waals surface area contributed by atoms with Crippen LogP contribution in [0, 0.1) is 5.82 Å². The molecule has 0 aromatic heterocycles. The van der Waals surface area contributed by atoms with Gasteiger partial charge in [0.15, 0.2) is 0 Å². The number of carbonyl (C=O) groups is 1. The Balaban J connectivity index is 2.36. The van der Waals surface area contributed by atoms with Gasteiger partial charge in [0.05, 0.1) is 13.1 Å². The molecular weight excluding hydrogens is 332 g/mol. The van der Waals surface area contributed by atoms with Crippen LogP contribution < -0.4 is 10.6 Å². The molecule has 0 atom stereocenters. The van der Waals surface area contributed by atoms with E-state index in [1.807, 2.05) is 5.32 Å². The van der Waals surface area contributed by atoms with E-state index in [0.29, 0.717) is 10.0 Å². The summed E-state index contributed by atoms with van der Waals surface area (Å²) >= 11 is 3.18. The van der Waals surface area contributed by atoms with Crippen molar-refractivity contribution in [1.29, 1.82) is 0 Å². The fourth-order valence-electron chi connectivity index (χ4n) is 1.25. The third-order valence-electron chi connectivity index (χ3n) is 2.09. The van der Waals surface area contributed by atoms with Crippen molar-refractivity contribution in [2.24, 2.45) is 0 Å². The highest BCUT2D eigenvalue weighted by Gasteiger charge is 2.26. The average Bonchev–Trinajstić information content (AvgIpc) is 2.28. The lowest BCUT2D eigenvalue weighted by Gasteiger charge is -2.09. The lowest BCUT2D eigenvalue weighted by molar-refractivity contribution is -0.128. The van der Waals surface area contributed by atoms with Gasteiger partial charge < -0.3 is 10.6 Å².